The van der Waals surface area contributed by atoms with E-state index in [1.165, 1.54) is 50.6 Å². The number of methoxy groups -OCH3 is 2. The Kier molecular flexibility index (Phi) is 4.70. The third-order valence-corrected chi connectivity index (χ3v) is 3.04. The summed E-state index contributed by atoms with van der Waals surface area (Å²) < 4.78 is 15.9. The van der Waals surface area contributed by atoms with E-state index < -0.39 is 11.9 Å². The molecular weight excluding hydrogens is 304 g/mol. The SMILES string of the molecule is COc1cc(C(=O)O)ccc1Oc1ccc(C(=O)O)cc1OC. The van der Waals surface area contributed by atoms with Crippen LogP contribution in [0.15, 0.2) is 36.4 Å². The second-order valence-electron chi connectivity index (χ2n) is 4.44. The summed E-state index contributed by atoms with van der Waals surface area (Å²) in [5.41, 5.74) is 0.116. The lowest BCUT2D eigenvalue weighted by atomic mass is 10.2. The normalized spacial score (nSPS) is 10.0. The quantitative estimate of drug-likeness (QED) is 0.844. The van der Waals surface area contributed by atoms with Crippen LogP contribution in [0.4, 0.5) is 0 Å². The van der Waals surface area contributed by atoms with Crippen LogP contribution in [0, 0.1) is 0 Å². The van der Waals surface area contributed by atoms with E-state index in [2.05, 4.69) is 0 Å². The van der Waals surface area contributed by atoms with E-state index in [0.29, 0.717) is 0 Å². The number of carboxylic acid groups (broad SMARTS) is 2. The van der Waals surface area contributed by atoms with Gasteiger partial charge in [-0.1, -0.05) is 0 Å². The second-order valence-corrected chi connectivity index (χ2v) is 4.44. The fourth-order valence-electron chi connectivity index (χ4n) is 1.89. The number of benzene rings is 2. The van der Waals surface area contributed by atoms with Crippen LogP contribution in [0.25, 0.3) is 0 Å². The Morgan fingerprint density at radius 1 is 0.739 bits per heavy atom. The molecule has 0 saturated carbocycles. The smallest absolute Gasteiger partial charge is 0.335 e. The van der Waals surface area contributed by atoms with Gasteiger partial charge in [0.15, 0.2) is 23.0 Å². The fraction of sp³-hybridized carbons (Fsp3) is 0.125. The van der Waals surface area contributed by atoms with Gasteiger partial charge in [-0.2, -0.15) is 0 Å². The lowest BCUT2D eigenvalue weighted by molar-refractivity contribution is 0.0686. The van der Waals surface area contributed by atoms with E-state index >= 15 is 0 Å². The highest BCUT2D eigenvalue weighted by atomic mass is 16.5. The van der Waals surface area contributed by atoms with Gasteiger partial charge in [0.1, 0.15) is 0 Å². The highest BCUT2D eigenvalue weighted by Crippen LogP contribution is 2.37. The van der Waals surface area contributed by atoms with Gasteiger partial charge >= 0.3 is 11.9 Å². The van der Waals surface area contributed by atoms with Crippen LogP contribution in [0.3, 0.4) is 0 Å². The van der Waals surface area contributed by atoms with E-state index in [1.54, 1.807) is 0 Å². The van der Waals surface area contributed by atoms with Crippen molar-refractivity contribution >= 4 is 11.9 Å². The minimum absolute atomic E-state index is 0.0578. The summed E-state index contributed by atoms with van der Waals surface area (Å²) in [7, 11) is 2.77. The molecule has 7 heteroatoms. The van der Waals surface area contributed by atoms with Gasteiger partial charge in [0.25, 0.3) is 0 Å². The summed E-state index contributed by atoms with van der Waals surface area (Å²) in [6.07, 6.45) is 0. The Bertz CT molecular complexity index is 689. The highest BCUT2D eigenvalue weighted by molar-refractivity contribution is 5.89. The van der Waals surface area contributed by atoms with E-state index in [1.807, 2.05) is 0 Å². The maximum Gasteiger partial charge on any atom is 0.335 e. The van der Waals surface area contributed by atoms with Crippen LogP contribution >= 0.6 is 0 Å². The molecule has 0 radical (unpaired) electrons. The maximum absolute atomic E-state index is 11.0. The van der Waals surface area contributed by atoms with Gasteiger partial charge in [0, 0.05) is 0 Å². The van der Waals surface area contributed by atoms with Gasteiger partial charge in [-0.15, -0.1) is 0 Å². The zero-order chi connectivity index (χ0) is 17.0. The largest absolute Gasteiger partial charge is 0.493 e. The highest BCUT2D eigenvalue weighted by Gasteiger charge is 2.14. The van der Waals surface area contributed by atoms with Crippen LogP contribution in [0.2, 0.25) is 0 Å². The van der Waals surface area contributed by atoms with Crippen molar-refractivity contribution in [1.82, 2.24) is 0 Å². The van der Waals surface area contributed by atoms with Crippen LogP contribution in [-0.4, -0.2) is 36.4 Å². The topological polar surface area (TPSA) is 102 Å². The summed E-state index contributed by atoms with van der Waals surface area (Å²) in [5, 5.41) is 18.0. The summed E-state index contributed by atoms with van der Waals surface area (Å²) >= 11 is 0. The van der Waals surface area contributed by atoms with E-state index in [4.69, 9.17) is 24.4 Å². The van der Waals surface area contributed by atoms with Crippen molar-refractivity contribution in [2.24, 2.45) is 0 Å². The predicted molar refractivity (Wildman–Crippen MR) is 80.0 cm³/mol. The number of hydrogen-bond acceptors (Lipinski definition) is 5. The molecule has 2 aromatic carbocycles. The van der Waals surface area contributed by atoms with Crippen molar-refractivity contribution in [3.63, 3.8) is 0 Å². The molecule has 0 unspecified atom stereocenters. The molecule has 0 aliphatic rings. The first-order chi connectivity index (χ1) is 11.0. The third-order valence-electron chi connectivity index (χ3n) is 3.04. The average molecular weight is 318 g/mol. The molecule has 0 fully saturated rings. The number of hydrogen-bond donors (Lipinski definition) is 2. The Balaban J connectivity index is 2.39. The molecule has 0 saturated heterocycles. The third kappa shape index (κ3) is 3.52. The standard InChI is InChI=1S/C16H14O7/c1-21-13-7-9(15(17)18)3-5-11(13)23-12-6-4-10(16(19)20)8-14(12)22-2/h3-8H,1-2H3,(H,17,18)(H,19,20). The first kappa shape index (κ1) is 16.2. The number of ether oxygens (including phenoxy) is 3. The van der Waals surface area contributed by atoms with E-state index in [-0.39, 0.29) is 34.1 Å². The molecule has 23 heavy (non-hydrogen) atoms. The summed E-state index contributed by atoms with van der Waals surface area (Å²) in [6.45, 7) is 0. The first-order valence-corrected chi connectivity index (χ1v) is 6.46. The van der Waals surface area contributed by atoms with Crippen LogP contribution in [0.1, 0.15) is 20.7 Å². The Morgan fingerprint density at radius 2 is 1.13 bits per heavy atom. The number of carbonyl (C=O) groups is 2. The molecule has 0 aromatic heterocycles. The lowest BCUT2D eigenvalue weighted by Gasteiger charge is -2.13. The van der Waals surface area contributed by atoms with Crippen molar-refractivity contribution in [2.45, 2.75) is 0 Å². The Labute approximate surface area is 131 Å². The molecule has 0 atom stereocenters. The molecule has 0 aliphatic heterocycles. The Hall–Kier alpha value is -3.22. The van der Waals surface area contributed by atoms with Crippen LogP contribution < -0.4 is 14.2 Å². The molecule has 0 bridgehead atoms. The summed E-state index contributed by atoms with van der Waals surface area (Å²) in [5.74, 6) is -1.15. The fourth-order valence-corrected chi connectivity index (χ4v) is 1.89. The summed E-state index contributed by atoms with van der Waals surface area (Å²) in [6, 6.07) is 8.31. The Morgan fingerprint density at radius 3 is 1.43 bits per heavy atom. The van der Waals surface area contributed by atoms with Crippen molar-refractivity contribution in [3.05, 3.63) is 47.5 Å². The van der Waals surface area contributed by atoms with Gasteiger partial charge < -0.3 is 24.4 Å². The van der Waals surface area contributed by atoms with Gasteiger partial charge in [0.05, 0.1) is 25.3 Å². The minimum Gasteiger partial charge on any atom is -0.493 e. The molecular formula is C16H14O7. The second kappa shape index (κ2) is 6.69. The molecule has 0 heterocycles. The minimum atomic E-state index is -1.08. The molecule has 2 aromatic rings. The van der Waals surface area contributed by atoms with Crippen molar-refractivity contribution in [2.75, 3.05) is 14.2 Å². The van der Waals surface area contributed by atoms with Crippen LogP contribution in [-0.2, 0) is 0 Å². The van der Waals surface area contributed by atoms with Crippen molar-refractivity contribution in [1.29, 1.82) is 0 Å². The average Bonchev–Trinajstić information content (AvgIpc) is 2.55. The molecule has 120 valence electrons. The zero-order valence-corrected chi connectivity index (χ0v) is 12.4. The van der Waals surface area contributed by atoms with Gasteiger partial charge in [0.2, 0.25) is 0 Å². The lowest BCUT2D eigenvalue weighted by Crippen LogP contribution is -2.00. The molecule has 2 rings (SSSR count). The zero-order valence-electron chi connectivity index (χ0n) is 12.4. The van der Waals surface area contributed by atoms with Crippen molar-refractivity contribution in [3.8, 4) is 23.0 Å². The predicted octanol–water partition coefficient (Wildman–Crippen LogP) is 2.89. The van der Waals surface area contributed by atoms with Crippen LogP contribution in [0.5, 0.6) is 23.0 Å². The molecule has 0 amide bonds. The van der Waals surface area contributed by atoms with E-state index in [0.717, 1.165) is 0 Å². The number of rotatable bonds is 6. The van der Waals surface area contributed by atoms with Gasteiger partial charge in [-0.05, 0) is 36.4 Å². The van der Waals surface area contributed by atoms with Gasteiger partial charge in [-0.25, -0.2) is 9.59 Å². The summed E-state index contributed by atoms with van der Waals surface area (Å²) in [4.78, 5) is 21.9. The maximum atomic E-state index is 11.0. The van der Waals surface area contributed by atoms with Crippen molar-refractivity contribution < 1.29 is 34.0 Å². The monoisotopic (exact) mass is 318 g/mol. The van der Waals surface area contributed by atoms with E-state index in [9.17, 15) is 9.59 Å². The number of aromatic carboxylic acids is 2. The van der Waals surface area contributed by atoms with Gasteiger partial charge in [-0.3, -0.25) is 0 Å². The molecule has 7 nitrogen and oxygen atoms in total. The first-order valence-electron chi connectivity index (χ1n) is 6.46. The molecule has 2 N–H and O–H groups in total. The molecule has 0 spiro atoms. The molecule has 0 aliphatic carbocycles. The number of carboxylic acids is 2.